The van der Waals surface area contributed by atoms with Gasteiger partial charge in [0.1, 0.15) is 18.0 Å². The lowest BCUT2D eigenvalue weighted by Crippen LogP contribution is -2.25. The van der Waals surface area contributed by atoms with Gasteiger partial charge >= 0.3 is 0 Å². The van der Waals surface area contributed by atoms with Crippen LogP contribution in [0.25, 0.3) is 0 Å². The molecule has 4 heteroatoms. The molecule has 0 bridgehead atoms. The van der Waals surface area contributed by atoms with Gasteiger partial charge in [0.15, 0.2) is 0 Å². The largest absolute Gasteiger partial charge is 0.366 e. The smallest absolute Gasteiger partial charge is 0.138 e. The Balaban J connectivity index is 1.92. The molecule has 4 nitrogen and oxygen atoms in total. The van der Waals surface area contributed by atoms with Crippen LogP contribution in [0.15, 0.2) is 49.3 Å². The van der Waals surface area contributed by atoms with Crippen LogP contribution in [0.4, 0.5) is 17.3 Å². The second kappa shape index (κ2) is 5.74. The Bertz CT molecular complexity index is 609. The number of fused-ring (bicyclic) bond motifs is 1. The highest BCUT2D eigenvalue weighted by molar-refractivity contribution is 5.66. The molecule has 0 radical (unpaired) electrons. The fourth-order valence-electron chi connectivity index (χ4n) is 2.54. The summed E-state index contributed by atoms with van der Waals surface area (Å²) in [7, 11) is 0. The van der Waals surface area contributed by atoms with Crippen LogP contribution in [-0.4, -0.2) is 23.1 Å². The summed E-state index contributed by atoms with van der Waals surface area (Å²) in [5, 5.41) is 3.20. The highest BCUT2D eigenvalue weighted by Gasteiger charge is 2.18. The summed E-state index contributed by atoms with van der Waals surface area (Å²) in [6.07, 6.45) is 5.71. The van der Waals surface area contributed by atoms with Gasteiger partial charge in [-0.05, 0) is 24.5 Å². The second-order valence-electron chi connectivity index (χ2n) is 4.81. The molecule has 0 amide bonds. The van der Waals surface area contributed by atoms with Gasteiger partial charge < -0.3 is 10.2 Å². The molecule has 2 heterocycles. The van der Waals surface area contributed by atoms with E-state index >= 15 is 0 Å². The number of nitrogens with one attached hydrogen (secondary N) is 1. The van der Waals surface area contributed by atoms with Crippen LogP contribution in [-0.2, 0) is 6.42 Å². The van der Waals surface area contributed by atoms with Crippen molar-refractivity contribution in [2.75, 3.05) is 23.3 Å². The summed E-state index contributed by atoms with van der Waals surface area (Å²) in [4.78, 5) is 10.9. The number of aromatic nitrogens is 2. The molecule has 20 heavy (non-hydrogen) atoms. The number of para-hydroxylation sites is 1. The molecule has 0 fully saturated rings. The topological polar surface area (TPSA) is 41.0 Å². The van der Waals surface area contributed by atoms with Crippen molar-refractivity contribution in [1.82, 2.24) is 9.97 Å². The van der Waals surface area contributed by atoms with Gasteiger partial charge in [-0.3, -0.25) is 0 Å². The molecule has 102 valence electrons. The lowest BCUT2D eigenvalue weighted by atomic mass is 10.0. The standard InChI is InChI=1S/C16H18N4/c1-2-9-17-15-11-16(19-12-18-15)20-10-5-7-13-6-3-4-8-14(13)20/h2-4,6,8,11-12H,1,5,7,9-10H2,(H,17,18,19). The number of hydrogen-bond donors (Lipinski definition) is 1. The van der Waals surface area contributed by atoms with Crippen molar-refractivity contribution in [2.45, 2.75) is 12.8 Å². The zero-order valence-electron chi connectivity index (χ0n) is 11.4. The molecule has 1 aliphatic rings. The van der Waals surface area contributed by atoms with Crippen LogP contribution < -0.4 is 10.2 Å². The third kappa shape index (κ3) is 2.50. The SMILES string of the molecule is C=CCNc1cc(N2CCCc3ccccc32)ncn1. The number of aryl methyl sites for hydroxylation is 1. The first-order valence-corrected chi connectivity index (χ1v) is 6.91. The van der Waals surface area contributed by atoms with E-state index in [2.05, 4.69) is 51.0 Å². The van der Waals surface area contributed by atoms with Crippen LogP contribution in [0.2, 0.25) is 0 Å². The molecule has 0 aliphatic carbocycles. The van der Waals surface area contributed by atoms with Gasteiger partial charge in [-0.1, -0.05) is 24.3 Å². The molecule has 1 aromatic heterocycles. The maximum absolute atomic E-state index is 4.42. The Hall–Kier alpha value is -2.36. The first-order valence-electron chi connectivity index (χ1n) is 6.91. The molecule has 1 aromatic carbocycles. The summed E-state index contributed by atoms with van der Waals surface area (Å²) < 4.78 is 0. The molecular formula is C16H18N4. The molecule has 0 unspecified atom stereocenters. The molecule has 1 N–H and O–H groups in total. The van der Waals surface area contributed by atoms with E-state index < -0.39 is 0 Å². The van der Waals surface area contributed by atoms with Crippen LogP contribution >= 0.6 is 0 Å². The van der Waals surface area contributed by atoms with Gasteiger partial charge in [-0.15, -0.1) is 6.58 Å². The average Bonchev–Trinajstić information content (AvgIpc) is 2.52. The lowest BCUT2D eigenvalue weighted by Gasteiger charge is -2.30. The van der Waals surface area contributed by atoms with E-state index in [0.717, 1.165) is 31.0 Å². The summed E-state index contributed by atoms with van der Waals surface area (Å²) in [5.74, 6) is 1.77. The Kier molecular flexibility index (Phi) is 3.63. The predicted octanol–water partition coefficient (Wildman–Crippen LogP) is 3.16. The Labute approximate surface area is 119 Å². The van der Waals surface area contributed by atoms with Crippen molar-refractivity contribution in [2.24, 2.45) is 0 Å². The zero-order chi connectivity index (χ0) is 13.8. The van der Waals surface area contributed by atoms with E-state index in [4.69, 9.17) is 0 Å². The molecular weight excluding hydrogens is 248 g/mol. The van der Waals surface area contributed by atoms with Crippen LogP contribution in [0, 0.1) is 0 Å². The van der Waals surface area contributed by atoms with Gasteiger partial charge in [-0.25, -0.2) is 9.97 Å². The number of benzene rings is 1. The van der Waals surface area contributed by atoms with Gasteiger partial charge in [-0.2, -0.15) is 0 Å². The van der Waals surface area contributed by atoms with Crippen molar-refractivity contribution in [1.29, 1.82) is 0 Å². The van der Waals surface area contributed by atoms with Crippen LogP contribution in [0.5, 0.6) is 0 Å². The number of rotatable bonds is 4. The molecule has 0 spiro atoms. The van der Waals surface area contributed by atoms with Gasteiger partial charge in [0.05, 0.1) is 0 Å². The van der Waals surface area contributed by atoms with Gasteiger partial charge in [0.2, 0.25) is 0 Å². The average molecular weight is 266 g/mol. The predicted molar refractivity (Wildman–Crippen MR) is 82.5 cm³/mol. The maximum Gasteiger partial charge on any atom is 0.138 e. The molecule has 3 rings (SSSR count). The van der Waals surface area contributed by atoms with E-state index in [0.29, 0.717) is 6.54 Å². The molecule has 2 aromatic rings. The number of hydrogen-bond acceptors (Lipinski definition) is 4. The van der Waals surface area contributed by atoms with Crippen molar-refractivity contribution >= 4 is 17.3 Å². The summed E-state index contributed by atoms with van der Waals surface area (Å²) in [6, 6.07) is 10.5. The minimum Gasteiger partial charge on any atom is -0.366 e. The van der Waals surface area contributed by atoms with Gasteiger partial charge in [0.25, 0.3) is 0 Å². The third-order valence-corrected chi connectivity index (χ3v) is 3.47. The first kappa shape index (κ1) is 12.7. The quantitative estimate of drug-likeness (QED) is 0.863. The van der Waals surface area contributed by atoms with Crippen molar-refractivity contribution in [3.63, 3.8) is 0 Å². The van der Waals surface area contributed by atoms with Crippen molar-refractivity contribution in [3.05, 3.63) is 54.9 Å². The minimum absolute atomic E-state index is 0.701. The third-order valence-electron chi connectivity index (χ3n) is 3.47. The van der Waals surface area contributed by atoms with E-state index in [9.17, 15) is 0 Å². The minimum atomic E-state index is 0.701. The molecule has 1 aliphatic heterocycles. The van der Waals surface area contributed by atoms with Crippen LogP contribution in [0.3, 0.4) is 0 Å². The molecule has 0 atom stereocenters. The second-order valence-corrected chi connectivity index (χ2v) is 4.81. The Morgan fingerprint density at radius 3 is 3.10 bits per heavy atom. The summed E-state index contributed by atoms with van der Waals surface area (Å²) in [5.41, 5.74) is 2.64. The van der Waals surface area contributed by atoms with E-state index in [1.54, 1.807) is 6.33 Å². The highest BCUT2D eigenvalue weighted by atomic mass is 15.2. The number of nitrogens with zero attached hydrogens (tertiary/aromatic N) is 3. The fraction of sp³-hybridized carbons (Fsp3) is 0.250. The normalized spacial score (nSPS) is 13.7. The fourth-order valence-corrected chi connectivity index (χ4v) is 2.54. The van der Waals surface area contributed by atoms with E-state index in [1.807, 2.05) is 12.1 Å². The van der Waals surface area contributed by atoms with E-state index in [1.165, 1.54) is 11.3 Å². The summed E-state index contributed by atoms with van der Waals surface area (Å²) in [6.45, 7) is 5.40. The highest BCUT2D eigenvalue weighted by Crippen LogP contribution is 2.32. The Morgan fingerprint density at radius 1 is 1.30 bits per heavy atom. The Morgan fingerprint density at radius 2 is 2.20 bits per heavy atom. The van der Waals surface area contributed by atoms with Gasteiger partial charge in [0, 0.05) is 24.8 Å². The maximum atomic E-state index is 4.42. The first-order chi connectivity index (χ1) is 9.88. The molecule has 0 saturated heterocycles. The monoisotopic (exact) mass is 266 g/mol. The lowest BCUT2D eigenvalue weighted by molar-refractivity contribution is 0.758. The molecule has 0 saturated carbocycles. The van der Waals surface area contributed by atoms with Crippen LogP contribution in [0.1, 0.15) is 12.0 Å². The van der Waals surface area contributed by atoms with Crippen molar-refractivity contribution < 1.29 is 0 Å². The summed E-state index contributed by atoms with van der Waals surface area (Å²) >= 11 is 0. The zero-order valence-corrected chi connectivity index (χ0v) is 11.4. The van der Waals surface area contributed by atoms with E-state index in [-0.39, 0.29) is 0 Å². The number of anilines is 3. The van der Waals surface area contributed by atoms with Crippen molar-refractivity contribution in [3.8, 4) is 0 Å².